The number of carbonyl (C=O) groups excluding carboxylic acids is 1. The minimum Gasteiger partial charge on any atom is -0.492 e. The highest BCUT2D eigenvalue weighted by Gasteiger charge is 2.11. The van der Waals surface area contributed by atoms with E-state index in [1.54, 1.807) is 6.07 Å². The van der Waals surface area contributed by atoms with Crippen LogP contribution in [0.25, 0.3) is 0 Å². The van der Waals surface area contributed by atoms with Crippen molar-refractivity contribution in [1.82, 2.24) is 5.32 Å². The van der Waals surface area contributed by atoms with E-state index >= 15 is 0 Å². The highest BCUT2D eigenvalue weighted by molar-refractivity contribution is 6.00. The minimum atomic E-state index is -0.168. The molecule has 110 valence electrons. The molecule has 1 amide bonds. The first kappa shape index (κ1) is 14.9. The van der Waals surface area contributed by atoms with Gasteiger partial charge in [-0.05, 0) is 43.2 Å². The van der Waals surface area contributed by atoms with E-state index in [4.69, 9.17) is 10.5 Å². The molecule has 0 radical (unpaired) electrons. The Labute approximate surface area is 124 Å². The summed E-state index contributed by atoms with van der Waals surface area (Å²) in [5.74, 6) is 0.637. The summed E-state index contributed by atoms with van der Waals surface area (Å²) in [4.78, 5) is 12.1. The number of benzene rings is 2. The number of hydrogen-bond acceptors (Lipinski definition) is 3. The minimum absolute atomic E-state index is 0.168. The van der Waals surface area contributed by atoms with Gasteiger partial charge in [-0.25, -0.2) is 0 Å². The fourth-order valence-electron chi connectivity index (χ4n) is 2.13. The molecule has 0 saturated carbocycles. The van der Waals surface area contributed by atoms with Crippen LogP contribution in [0.3, 0.4) is 0 Å². The summed E-state index contributed by atoms with van der Waals surface area (Å²) in [6.07, 6.45) is 0. The van der Waals surface area contributed by atoms with Crippen LogP contribution in [0.15, 0.2) is 42.5 Å². The van der Waals surface area contributed by atoms with Gasteiger partial charge in [-0.2, -0.15) is 0 Å². The van der Waals surface area contributed by atoms with Crippen molar-refractivity contribution in [1.29, 1.82) is 0 Å². The van der Waals surface area contributed by atoms with Crippen LogP contribution in [0.5, 0.6) is 5.75 Å². The Morgan fingerprint density at radius 1 is 1.19 bits per heavy atom. The molecule has 21 heavy (non-hydrogen) atoms. The van der Waals surface area contributed by atoms with Gasteiger partial charge in [0.15, 0.2) is 0 Å². The summed E-state index contributed by atoms with van der Waals surface area (Å²) in [7, 11) is 0. The number of nitrogens with two attached hydrogens (primary N) is 1. The van der Waals surface area contributed by atoms with Gasteiger partial charge in [0, 0.05) is 5.69 Å². The lowest BCUT2D eigenvalue weighted by Gasteiger charge is -2.11. The van der Waals surface area contributed by atoms with Crippen LogP contribution in [0.2, 0.25) is 0 Å². The molecule has 2 aromatic carbocycles. The van der Waals surface area contributed by atoms with E-state index in [9.17, 15) is 4.79 Å². The quantitative estimate of drug-likeness (QED) is 0.655. The number of rotatable bonds is 5. The molecule has 0 aliphatic carbocycles. The SMILES string of the molecule is Cc1cccc(OCCNC(=O)c2c(C)cccc2N)c1. The predicted octanol–water partition coefficient (Wildman–Crippen LogP) is 2.69. The highest BCUT2D eigenvalue weighted by atomic mass is 16.5. The van der Waals surface area contributed by atoms with Crippen molar-refractivity contribution in [2.75, 3.05) is 18.9 Å². The maximum absolute atomic E-state index is 12.1. The number of ether oxygens (including phenoxy) is 1. The van der Waals surface area contributed by atoms with E-state index in [-0.39, 0.29) is 5.91 Å². The van der Waals surface area contributed by atoms with Gasteiger partial charge in [-0.3, -0.25) is 4.79 Å². The average molecular weight is 284 g/mol. The van der Waals surface area contributed by atoms with Crippen LogP contribution in [0.1, 0.15) is 21.5 Å². The standard InChI is InChI=1S/C17H20N2O2/c1-12-5-3-7-14(11-12)21-10-9-19-17(20)16-13(2)6-4-8-15(16)18/h3-8,11H,9-10,18H2,1-2H3,(H,19,20). The topological polar surface area (TPSA) is 64.3 Å². The molecule has 0 aliphatic rings. The molecule has 0 heterocycles. The van der Waals surface area contributed by atoms with E-state index < -0.39 is 0 Å². The Morgan fingerprint density at radius 3 is 2.67 bits per heavy atom. The van der Waals surface area contributed by atoms with Crippen LogP contribution >= 0.6 is 0 Å². The van der Waals surface area contributed by atoms with Crippen molar-refractivity contribution in [3.05, 3.63) is 59.2 Å². The summed E-state index contributed by atoms with van der Waals surface area (Å²) in [6.45, 7) is 4.73. The van der Waals surface area contributed by atoms with Gasteiger partial charge in [0.1, 0.15) is 12.4 Å². The van der Waals surface area contributed by atoms with Crippen molar-refractivity contribution in [2.45, 2.75) is 13.8 Å². The molecule has 4 heteroatoms. The monoisotopic (exact) mass is 284 g/mol. The lowest BCUT2D eigenvalue weighted by Crippen LogP contribution is -2.29. The Balaban J connectivity index is 1.85. The van der Waals surface area contributed by atoms with Gasteiger partial charge in [-0.1, -0.05) is 24.3 Å². The molecular weight excluding hydrogens is 264 g/mol. The maximum Gasteiger partial charge on any atom is 0.253 e. The number of nitrogen functional groups attached to an aromatic ring is 1. The van der Waals surface area contributed by atoms with Crippen LogP contribution in [0.4, 0.5) is 5.69 Å². The average Bonchev–Trinajstić information content (AvgIpc) is 2.43. The molecule has 2 rings (SSSR count). The molecule has 4 nitrogen and oxygen atoms in total. The second kappa shape index (κ2) is 6.79. The molecule has 0 aliphatic heterocycles. The summed E-state index contributed by atoms with van der Waals surface area (Å²) in [6, 6.07) is 13.2. The predicted molar refractivity (Wildman–Crippen MR) is 84.6 cm³/mol. The molecule has 3 N–H and O–H groups in total. The fourth-order valence-corrected chi connectivity index (χ4v) is 2.13. The first-order chi connectivity index (χ1) is 10.1. The number of hydrogen-bond donors (Lipinski definition) is 2. The zero-order valence-corrected chi connectivity index (χ0v) is 12.3. The van der Waals surface area contributed by atoms with Crippen molar-refractivity contribution < 1.29 is 9.53 Å². The number of aryl methyl sites for hydroxylation is 2. The first-order valence-corrected chi connectivity index (χ1v) is 6.90. The molecule has 0 atom stereocenters. The molecular formula is C17H20N2O2. The molecule has 0 aromatic heterocycles. The first-order valence-electron chi connectivity index (χ1n) is 6.90. The van der Waals surface area contributed by atoms with Crippen molar-refractivity contribution in [3.8, 4) is 5.75 Å². The summed E-state index contributed by atoms with van der Waals surface area (Å²) >= 11 is 0. The van der Waals surface area contributed by atoms with Gasteiger partial charge >= 0.3 is 0 Å². The summed E-state index contributed by atoms with van der Waals surface area (Å²) in [5, 5.41) is 2.82. The molecule has 2 aromatic rings. The van der Waals surface area contributed by atoms with Crippen LogP contribution in [-0.4, -0.2) is 19.1 Å². The largest absolute Gasteiger partial charge is 0.492 e. The van der Waals surface area contributed by atoms with Crippen molar-refractivity contribution in [3.63, 3.8) is 0 Å². The van der Waals surface area contributed by atoms with Gasteiger partial charge in [0.05, 0.1) is 12.1 Å². The second-order valence-electron chi connectivity index (χ2n) is 4.96. The maximum atomic E-state index is 12.1. The van der Waals surface area contributed by atoms with Crippen LogP contribution in [-0.2, 0) is 0 Å². The van der Waals surface area contributed by atoms with E-state index in [0.29, 0.717) is 24.4 Å². The smallest absolute Gasteiger partial charge is 0.253 e. The molecule has 0 spiro atoms. The van der Waals surface area contributed by atoms with Crippen molar-refractivity contribution >= 4 is 11.6 Å². The highest BCUT2D eigenvalue weighted by Crippen LogP contribution is 2.16. The summed E-state index contributed by atoms with van der Waals surface area (Å²) < 4.78 is 5.59. The van der Waals surface area contributed by atoms with E-state index in [1.165, 1.54) is 0 Å². The third-order valence-corrected chi connectivity index (χ3v) is 3.18. The van der Waals surface area contributed by atoms with Gasteiger partial charge in [-0.15, -0.1) is 0 Å². The Kier molecular flexibility index (Phi) is 4.82. The van der Waals surface area contributed by atoms with Gasteiger partial charge < -0.3 is 15.8 Å². The third kappa shape index (κ3) is 3.99. The Morgan fingerprint density at radius 2 is 1.95 bits per heavy atom. The lowest BCUT2D eigenvalue weighted by atomic mass is 10.1. The molecule has 0 saturated heterocycles. The lowest BCUT2D eigenvalue weighted by molar-refractivity contribution is 0.0947. The Bertz CT molecular complexity index is 618. The van der Waals surface area contributed by atoms with Gasteiger partial charge in [0.25, 0.3) is 5.91 Å². The van der Waals surface area contributed by atoms with Gasteiger partial charge in [0.2, 0.25) is 0 Å². The third-order valence-electron chi connectivity index (χ3n) is 3.18. The van der Waals surface area contributed by atoms with Crippen molar-refractivity contribution in [2.24, 2.45) is 0 Å². The van der Waals surface area contributed by atoms with Crippen LogP contribution in [0, 0.1) is 13.8 Å². The van der Waals surface area contributed by atoms with E-state index in [2.05, 4.69) is 5.32 Å². The number of anilines is 1. The number of carbonyl (C=O) groups is 1. The number of amides is 1. The zero-order valence-electron chi connectivity index (χ0n) is 12.3. The Hall–Kier alpha value is -2.49. The van der Waals surface area contributed by atoms with Crippen LogP contribution < -0.4 is 15.8 Å². The molecule has 0 fully saturated rings. The zero-order chi connectivity index (χ0) is 15.2. The summed E-state index contributed by atoms with van der Waals surface area (Å²) in [5.41, 5.74) is 8.88. The molecule has 0 bridgehead atoms. The normalized spacial score (nSPS) is 10.2. The second-order valence-corrected chi connectivity index (χ2v) is 4.96. The molecule has 0 unspecified atom stereocenters. The fraction of sp³-hybridized carbons (Fsp3) is 0.235. The van der Waals surface area contributed by atoms with E-state index in [1.807, 2.05) is 50.2 Å². The number of nitrogens with one attached hydrogen (secondary N) is 1. The van der Waals surface area contributed by atoms with E-state index in [0.717, 1.165) is 16.9 Å².